The van der Waals surface area contributed by atoms with Gasteiger partial charge >= 0.3 is 0 Å². The standard InChI is InChI=1S/C20H18FN3O/c1-13-3-4-14(2)18(11-13)24-20(25)19-12-17(9-10-22-19)23-16-7-5-15(21)6-8-16/h3-12H,1-2H3,(H,22,23)(H,24,25). The predicted octanol–water partition coefficient (Wildman–Crippen LogP) is 4.83. The lowest BCUT2D eigenvalue weighted by Gasteiger charge is -2.10. The summed E-state index contributed by atoms with van der Waals surface area (Å²) in [5.41, 5.74) is 4.55. The minimum absolute atomic E-state index is 0.281. The van der Waals surface area contributed by atoms with Crippen molar-refractivity contribution in [2.24, 2.45) is 0 Å². The monoisotopic (exact) mass is 335 g/mol. The zero-order valence-electron chi connectivity index (χ0n) is 14.0. The lowest BCUT2D eigenvalue weighted by molar-refractivity contribution is 0.102. The van der Waals surface area contributed by atoms with E-state index in [2.05, 4.69) is 15.6 Å². The Labute approximate surface area is 145 Å². The molecule has 2 N–H and O–H groups in total. The average Bonchev–Trinajstić information content (AvgIpc) is 2.60. The van der Waals surface area contributed by atoms with Gasteiger partial charge in [-0.2, -0.15) is 0 Å². The van der Waals surface area contributed by atoms with E-state index in [9.17, 15) is 9.18 Å². The Hall–Kier alpha value is -3.21. The van der Waals surface area contributed by atoms with E-state index in [1.807, 2.05) is 32.0 Å². The zero-order chi connectivity index (χ0) is 17.8. The minimum atomic E-state index is -0.297. The maximum absolute atomic E-state index is 13.0. The maximum Gasteiger partial charge on any atom is 0.274 e. The molecule has 3 aromatic rings. The minimum Gasteiger partial charge on any atom is -0.355 e. The summed E-state index contributed by atoms with van der Waals surface area (Å²) in [7, 11) is 0. The Balaban J connectivity index is 1.77. The second kappa shape index (κ2) is 7.13. The molecule has 25 heavy (non-hydrogen) atoms. The van der Waals surface area contributed by atoms with Crippen LogP contribution in [0, 0.1) is 19.7 Å². The molecule has 1 aromatic heterocycles. The largest absolute Gasteiger partial charge is 0.355 e. The highest BCUT2D eigenvalue weighted by molar-refractivity contribution is 6.03. The van der Waals surface area contributed by atoms with Crippen LogP contribution in [0.1, 0.15) is 21.6 Å². The Kier molecular flexibility index (Phi) is 4.75. The molecular weight excluding hydrogens is 317 g/mol. The molecule has 0 aliphatic carbocycles. The number of carbonyl (C=O) groups excluding carboxylic acids is 1. The first kappa shape index (κ1) is 16.6. The van der Waals surface area contributed by atoms with Crippen molar-refractivity contribution >= 4 is 23.0 Å². The summed E-state index contributed by atoms with van der Waals surface area (Å²) in [5.74, 6) is -0.578. The third-order valence-electron chi connectivity index (χ3n) is 3.77. The van der Waals surface area contributed by atoms with Crippen LogP contribution in [0.2, 0.25) is 0 Å². The van der Waals surface area contributed by atoms with Gasteiger partial charge in [0.2, 0.25) is 0 Å². The van der Waals surface area contributed by atoms with E-state index in [0.717, 1.165) is 22.5 Å². The van der Waals surface area contributed by atoms with Crippen LogP contribution in [-0.2, 0) is 0 Å². The maximum atomic E-state index is 13.0. The normalized spacial score (nSPS) is 10.4. The third kappa shape index (κ3) is 4.20. The summed E-state index contributed by atoms with van der Waals surface area (Å²) in [6, 6.07) is 15.3. The van der Waals surface area contributed by atoms with E-state index in [1.54, 1.807) is 30.5 Å². The van der Waals surface area contributed by atoms with E-state index in [4.69, 9.17) is 0 Å². The first-order valence-corrected chi connectivity index (χ1v) is 7.88. The van der Waals surface area contributed by atoms with Crippen molar-refractivity contribution in [3.63, 3.8) is 0 Å². The molecule has 0 spiro atoms. The highest BCUT2D eigenvalue weighted by Gasteiger charge is 2.10. The van der Waals surface area contributed by atoms with Crippen molar-refractivity contribution in [1.82, 2.24) is 4.98 Å². The summed E-state index contributed by atoms with van der Waals surface area (Å²) in [5, 5.41) is 6.01. The molecule has 1 amide bonds. The number of rotatable bonds is 4. The quantitative estimate of drug-likeness (QED) is 0.718. The van der Waals surface area contributed by atoms with Crippen molar-refractivity contribution in [2.45, 2.75) is 13.8 Å². The molecule has 0 saturated heterocycles. The van der Waals surface area contributed by atoms with Crippen molar-refractivity contribution in [1.29, 1.82) is 0 Å². The summed E-state index contributed by atoms with van der Waals surface area (Å²) in [6.07, 6.45) is 1.56. The van der Waals surface area contributed by atoms with Crippen LogP contribution in [0.25, 0.3) is 0 Å². The molecule has 0 saturated carbocycles. The number of benzene rings is 2. The van der Waals surface area contributed by atoms with Gasteiger partial charge in [0, 0.05) is 23.3 Å². The lowest BCUT2D eigenvalue weighted by atomic mass is 10.1. The van der Waals surface area contributed by atoms with Gasteiger partial charge < -0.3 is 10.6 Å². The molecule has 0 aliphatic heterocycles. The molecule has 0 bridgehead atoms. The van der Waals surface area contributed by atoms with E-state index < -0.39 is 0 Å². The number of anilines is 3. The third-order valence-corrected chi connectivity index (χ3v) is 3.77. The number of pyridine rings is 1. The van der Waals surface area contributed by atoms with Gasteiger partial charge in [-0.05, 0) is 67.4 Å². The molecule has 5 heteroatoms. The number of hydrogen-bond donors (Lipinski definition) is 2. The van der Waals surface area contributed by atoms with Crippen LogP contribution in [-0.4, -0.2) is 10.9 Å². The molecule has 4 nitrogen and oxygen atoms in total. The van der Waals surface area contributed by atoms with E-state index in [1.165, 1.54) is 12.1 Å². The zero-order valence-corrected chi connectivity index (χ0v) is 14.0. The fourth-order valence-electron chi connectivity index (χ4n) is 2.39. The number of aromatic nitrogens is 1. The Morgan fingerprint density at radius 2 is 1.72 bits per heavy atom. The SMILES string of the molecule is Cc1ccc(C)c(NC(=O)c2cc(Nc3ccc(F)cc3)ccn2)c1. The molecule has 126 valence electrons. The molecule has 2 aromatic carbocycles. The Morgan fingerprint density at radius 3 is 2.48 bits per heavy atom. The van der Waals surface area contributed by atoms with Crippen molar-refractivity contribution in [3.8, 4) is 0 Å². The second-order valence-electron chi connectivity index (χ2n) is 5.83. The highest BCUT2D eigenvalue weighted by Crippen LogP contribution is 2.19. The fraction of sp³-hybridized carbons (Fsp3) is 0.100. The molecule has 1 heterocycles. The van der Waals surface area contributed by atoms with Gasteiger partial charge in [-0.15, -0.1) is 0 Å². The fourth-order valence-corrected chi connectivity index (χ4v) is 2.39. The van der Waals surface area contributed by atoms with E-state index >= 15 is 0 Å². The van der Waals surface area contributed by atoms with Gasteiger partial charge in [-0.3, -0.25) is 9.78 Å². The molecule has 0 fully saturated rings. The van der Waals surface area contributed by atoms with Crippen LogP contribution < -0.4 is 10.6 Å². The van der Waals surface area contributed by atoms with E-state index in [0.29, 0.717) is 11.4 Å². The summed E-state index contributed by atoms with van der Waals surface area (Å²) < 4.78 is 13.0. The van der Waals surface area contributed by atoms with Gasteiger partial charge in [0.25, 0.3) is 5.91 Å². The first-order valence-electron chi connectivity index (χ1n) is 7.88. The summed E-state index contributed by atoms with van der Waals surface area (Å²) >= 11 is 0. The number of nitrogens with zero attached hydrogens (tertiary/aromatic N) is 1. The molecule has 0 aliphatic rings. The summed E-state index contributed by atoms with van der Waals surface area (Å²) in [4.78, 5) is 16.6. The van der Waals surface area contributed by atoms with Gasteiger partial charge in [-0.1, -0.05) is 12.1 Å². The number of amides is 1. The average molecular weight is 335 g/mol. The smallest absolute Gasteiger partial charge is 0.274 e. The number of aryl methyl sites for hydroxylation is 2. The van der Waals surface area contributed by atoms with Gasteiger partial charge in [0.1, 0.15) is 11.5 Å². The molecule has 0 radical (unpaired) electrons. The van der Waals surface area contributed by atoms with E-state index in [-0.39, 0.29) is 11.7 Å². The molecule has 3 rings (SSSR count). The molecule has 0 unspecified atom stereocenters. The van der Waals surface area contributed by atoms with Crippen molar-refractivity contribution in [2.75, 3.05) is 10.6 Å². The second-order valence-corrected chi connectivity index (χ2v) is 5.83. The predicted molar refractivity (Wildman–Crippen MR) is 97.8 cm³/mol. The lowest BCUT2D eigenvalue weighted by Crippen LogP contribution is -2.14. The van der Waals surface area contributed by atoms with Crippen LogP contribution in [0.3, 0.4) is 0 Å². The van der Waals surface area contributed by atoms with Gasteiger partial charge in [0.15, 0.2) is 0 Å². The van der Waals surface area contributed by atoms with Crippen LogP contribution >= 0.6 is 0 Å². The number of nitrogens with one attached hydrogen (secondary N) is 2. The van der Waals surface area contributed by atoms with Gasteiger partial charge in [-0.25, -0.2) is 4.39 Å². The van der Waals surface area contributed by atoms with Crippen molar-refractivity contribution < 1.29 is 9.18 Å². The molecular formula is C20H18FN3O. The highest BCUT2D eigenvalue weighted by atomic mass is 19.1. The summed E-state index contributed by atoms with van der Waals surface area (Å²) in [6.45, 7) is 3.91. The number of halogens is 1. The van der Waals surface area contributed by atoms with Crippen LogP contribution in [0.15, 0.2) is 60.8 Å². The number of carbonyl (C=O) groups is 1. The van der Waals surface area contributed by atoms with Crippen LogP contribution in [0.5, 0.6) is 0 Å². The topological polar surface area (TPSA) is 54.0 Å². The Morgan fingerprint density at radius 1 is 0.960 bits per heavy atom. The van der Waals surface area contributed by atoms with Crippen molar-refractivity contribution in [3.05, 3.63) is 83.4 Å². The molecule has 0 atom stereocenters. The number of hydrogen-bond acceptors (Lipinski definition) is 3. The van der Waals surface area contributed by atoms with Crippen LogP contribution in [0.4, 0.5) is 21.5 Å². The van der Waals surface area contributed by atoms with Gasteiger partial charge in [0.05, 0.1) is 0 Å². The Bertz CT molecular complexity index is 907. The first-order chi connectivity index (χ1) is 12.0.